The molecular weight excluding hydrogens is 330 g/mol. The van der Waals surface area contributed by atoms with Crippen molar-refractivity contribution in [3.8, 4) is 11.6 Å². The van der Waals surface area contributed by atoms with Crippen LogP contribution in [0.25, 0.3) is 11.6 Å². The lowest BCUT2D eigenvalue weighted by Crippen LogP contribution is -2.36. The van der Waals surface area contributed by atoms with Gasteiger partial charge in [0.05, 0.1) is 11.5 Å². The lowest BCUT2D eigenvalue weighted by atomic mass is 10.3. The van der Waals surface area contributed by atoms with Crippen molar-refractivity contribution in [2.24, 2.45) is 5.73 Å². The quantitative estimate of drug-likeness (QED) is 0.695. The molecule has 2 aromatic rings. The number of thioether (sulfide) groups is 1. The number of hydrogen-bond donors (Lipinski definition) is 2. The average Bonchev–Trinajstić information content (AvgIpc) is 3.13. The Labute approximate surface area is 144 Å². The molecule has 3 N–H and O–H groups in total. The van der Waals surface area contributed by atoms with E-state index in [1.54, 1.807) is 23.6 Å². The molecule has 0 radical (unpaired) electrons. The highest BCUT2D eigenvalue weighted by Gasteiger charge is 2.22. The summed E-state index contributed by atoms with van der Waals surface area (Å²) in [6.45, 7) is 5.92. The monoisotopic (exact) mass is 351 g/mol. The molecule has 2 aromatic heterocycles. The topological polar surface area (TPSA) is 116 Å². The van der Waals surface area contributed by atoms with E-state index in [0.717, 1.165) is 0 Å². The zero-order valence-corrected chi connectivity index (χ0v) is 14.7. The van der Waals surface area contributed by atoms with Crippen LogP contribution in [0, 0.1) is 0 Å². The summed E-state index contributed by atoms with van der Waals surface area (Å²) in [6.07, 6.45) is 1.68. The summed E-state index contributed by atoms with van der Waals surface area (Å²) >= 11 is 1.27. The van der Waals surface area contributed by atoms with Gasteiger partial charge in [0.2, 0.25) is 11.8 Å². The minimum absolute atomic E-state index is 0.0620. The number of primary amides is 1. The maximum Gasteiger partial charge on any atom is 0.233 e. The summed E-state index contributed by atoms with van der Waals surface area (Å²) in [5.41, 5.74) is 5.24. The van der Waals surface area contributed by atoms with Gasteiger partial charge < -0.3 is 15.5 Å². The first-order valence-electron chi connectivity index (χ1n) is 7.61. The first-order chi connectivity index (χ1) is 11.4. The van der Waals surface area contributed by atoms with Crippen LogP contribution in [0.1, 0.15) is 27.2 Å². The third-order valence-electron chi connectivity index (χ3n) is 3.12. The van der Waals surface area contributed by atoms with E-state index < -0.39 is 5.91 Å². The average molecular weight is 351 g/mol. The summed E-state index contributed by atoms with van der Waals surface area (Å²) in [6, 6.07) is 3.56. The van der Waals surface area contributed by atoms with Crippen LogP contribution in [-0.2, 0) is 16.1 Å². The molecule has 130 valence electrons. The number of nitrogens with two attached hydrogens (primary N) is 1. The normalized spacial score (nSPS) is 12.3. The standard InChI is InChI=1S/C15H21N5O3S/c1-9(2)17-14(22)10(3)24-15-19-18-13(11-5-4-8-23-11)20(15)7-6-12(16)21/h4-5,8-10H,6-7H2,1-3H3,(H2,16,21)(H,17,22). The Bertz CT molecular complexity index is 696. The molecule has 1 unspecified atom stereocenters. The number of rotatable bonds is 8. The molecule has 24 heavy (non-hydrogen) atoms. The lowest BCUT2D eigenvalue weighted by molar-refractivity contribution is -0.121. The van der Waals surface area contributed by atoms with Crippen LogP contribution in [-0.4, -0.2) is 37.9 Å². The number of furan rings is 1. The Balaban J connectivity index is 2.22. The minimum Gasteiger partial charge on any atom is -0.461 e. The highest BCUT2D eigenvalue weighted by Crippen LogP contribution is 2.27. The summed E-state index contributed by atoms with van der Waals surface area (Å²) in [7, 11) is 0. The molecule has 0 fully saturated rings. The fourth-order valence-electron chi connectivity index (χ4n) is 2.00. The fraction of sp³-hybridized carbons (Fsp3) is 0.467. The van der Waals surface area contributed by atoms with Crippen LogP contribution in [0.15, 0.2) is 28.0 Å². The lowest BCUT2D eigenvalue weighted by Gasteiger charge is -2.14. The second-order valence-corrected chi connectivity index (χ2v) is 6.88. The Morgan fingerprint density at radius 2 is 2.12 bits per heavy atom. The Morgan fingerprint density at radius 3 is 2.71 bits per heavy atom. The van der Waals surface area contributed by atoms with Gasteiger partial charge in [-0.2, -0.15) is 0 Å². The van der Waals surface area contributed by atoms with Crippen LogP contribution in [0.3, 0.4) is 0 Å². The van der Waals surface area contributed by atoms with Crippen LogP contribution in [0.2, 0.25) is 0 Å². The number of amides is 2. The van der Waals surface area contributed by atoms with Crippen molar-refractivity contribution in [3.63, 3.8) is 0 Å². The number of hydrogen-bond acceptors (Lipinski definition) is 6. The zero-order chi connectivity index (χ0) is 17.7. The molecule has 9 heteroatoms. The van der Waals surface area contributed by atoms with Crippen LogP contribution >= 0.6 is 11.8 Å². The molecule has 0 aliphatic carbocycles. The van der Waals surface area contributed by atoms with Crippen LogP contribution in [0.4, 0.5) is 0 Å². The van der Waals surface area contributed by atoms with Crippen molar-refractivity contribution in [3.05, 3.63) is 18.4 Å². The Morgan fingerprint density at radius 1 is 1.38 bits per heavy atom. The largest absolute Gasteiger partial charge is 0.461 e. The molecule has 2 amide bonds. The van der Waals surface area contributed by atoms with Gasteiger partial charge in [-0.25, -0.2) is 0 Å². The second-order valence-electron chi connectivity index (χ2n) is 5.57. The van der Waals surface area contributed by atoms with Crippen LogP contribution in [0.5, 0.6) is 0 Å². The molecule has 0 saturated heterocycles. The van der Waals surface area contributed by atoms with E-state index in [2.05, 4.69) is 15.5 Å². The molecule has 0 aliphatic rings. The fourth-order valence-corrected chi connectivity index (χ4v) is 2.89. The van der Waals surface area contributed by atoms with E-state index in [1.807, 2.05) is 13.8 Å². The maximum absolute atomic E-state index is 12.1. The first-order valence-corrected chi connectivity index (χ1v) is 8.49. The summed E-state index contributed by atoms with van der Waals surface area (Å²) in [4.78, 5) is 23.2. The molecule has 0 saturated carbocycles. The molecule has 0 aliphatic heterocycles. The van der Waals surface area contributed by atoms with Gasteiger partial charge in [0.15, 0.2) is 16.7 Å². The Kier molecular flexibility index (Phi) is 6.02. The van der Waals surface area contributed by atoms with Gasteiger partial charge in [-0.3, -0.25) is 14.2 Å². The van der Waals surface area contributed by atoms with Gasteiger partial charge in [-0.15, -0.1) is 10.2 Å². The van der Waals surface area contributed by atoms with Crippen molar-refractivity contribution in [2.75, 3.05) is 0 Å². The predicted molar refractivity (Wildman–Crippen MR) is 90.1 cm³/mol. The van der Waals surface area contributed by atoms with Crippen molar-refractivity contribution in [1.82, 2.24) is 20.1 Å². The molecule has 0 spiro atoms. The Hall–Kier alpha value is -2.29. The smallest absolute Gasteiger partial charge is 0.233 e. The van der Waals surface area contributed by atoms with Gasteiger partial charge >= 0.3 is 0 Å². The highest BCUT2D eigenvalue weighted by molar-refractivity contribution is 8.00. The van der Waals surface area contributed by atoms with Crippen molar-refractivity contribution in [2.45, 2.75) is 50.2 Å². The van der Waals surface area contributed by atoms with E-state index in [4.69, 9.17) is 10.2 Å². The van der Waals surface area contributed by atoms with Crippen molar-refractivity contribution in [1.29, 1.82) is 0 Å². The predicted octanol–water partition coefficient (Wildman–Crippen LogP) is 1.42. The van der Waals surface area contributed by atoms with E-state index >= 15 is 0 Å². The highest BCUT2D eigenvalue weighted by atomic mass is 32.2. The minimum atomic E-state index is -0.421. The van der Waals surface area contributed by atoms with E-state index in [0.29, 0.717) is 23.3 Å². The number of nitrogens with zero attached hydrogens (tertiary/aromatic N) is 3. The van der Waals surface area contributed by atoms with Gasteiger partial charge in [-0.05, 0) is 32.9 Å². The van der Waals surface area contributed by atoms with E-state index in [9.17, 15) is 9.59 Å². The number of nitrogens with one attached hydrogen (secondary N) is 1. The van der Waals surface area contributed by atoms with Gasteiger partial charge in [0, 0.05) is 19.0 Å². The third kappa shape index (κ3) is 4.60. The zero-order valence-electron chi connectivity index (χ0n) is 13.9. The second kappa shape index (κ2) is 8.00. The summed E-state index contributed by atoms with van der Waals surface area (Å²) in [5, 5.41) is 11.3. The van der Waals surface area contributed by atoms with Crippen LogP contribution < -0.4 is 11.1 Å². The molecule has 0 bridgehead atoms. The molecule has 1 atom stereocenters. The maximum atomic E-state index is 12.1. The molecular formula is C15H21N5O3S. The van der Waals surface area contributed by atoms with Gasteiger partial charge in [-0.1, -0.05) is 11.8 Å². The molecule has 0 aromatic carbocycles. The van der Waals surface area contributed by atoms with Gasteiger partial charge in [0.25, 0.3) is 0 Å². The number of aromatic nitrogens is 3. The number of carbonyl (C=O) groups excluding carboxylic acids is 2. The van der Waals surface area contributed by atoms with Crippen molar-refractivity contribution < 1.29 is 14.0 Å². The molecule has 2 heterocycles. The first kappa shape index (κ1) is 18.1. The van der Waals surface area contributed by atoms with E-state index in [1.165, 1.54) is 18.0 Å². The summed E-state index contributed by atoms with van der Waals surface area (Å²) in [5.74, 6) is 0.535. The number of carbonyl (C=O) groups is 2. The summed E-state index contributed by atoms with van der Waals surface area (Å²) < 4.78 is 7.10. The third-order valence-corrected chi connectivity index (χ3v) is 4.20. The van der Waals surface area contributed by atoms with E-state index in [-0.39, 0.29) is 23.6 Å². The SMILES string of the molecule is CC(C)NC(=O)C(C)Sc1nnc(-c2ccco2)n1CCC(N)=O. The van der Waals surface area contributed by atoms with Gasteiger partial charge in [0.1, 0.15) is 0 Å². The molecule has 2 rings (SSSR count). The molecule has 8 nitrogen and oxygen atoms in total. The van der Waals surface area contributed by atoms with Crippen molar-refractivity contribution >= 4 is 23.6 Å².